The SMILES string of the molecule is COc1ccc(-c2nc(N)c3cc(C)sc3n2)cc1C. The highest BCUT2D eigenvalue weighted by Gasteiger charge is 2.11. The number of ether oxygens (including phenoxy) is 1. The molecule has 0 atom stereocenters. The topological polar surface area (TPSA) is 61.0 Å². The van der Waals surface area contributed by atoms with Crippen LogP contribution in [-0.4, -0.2) is 17.1 Å². The van der Waals surface area contributed by atoms with E-state index in [-0.39, 0.29) is 0 Å². The molecule has 5 heteroatoms. The van der Waals surface area contributed by atoms with Gasteiger partial charge in [0.2, 0.25) is 0 Å². The Balaban J connectivity index is 2.16. The normalized spacial score (nSPS) is 10.9. The van der Waals surface area contributed by atoms with Crippen LogP contribution >= 0.6 is 11.3 Å². The van der Waals surface area contributed by atoms with E-state index in [1.165, 1.54) is 4.88 Å². The number of nitrogens with two attached hydrogens (primary N) is 1. The first-order valence-corrected chi connectivity index (χ1v) is 7.09. The van der Waals surface area contributed by atoms with Crippen molar-refractivity contribution in [3.05, 3.63) is 34.7 Å². The second-order valence-corrected chi connectivity index (χ2v) is 5.93. The first-order chi connectivity index (χ1) is 9.58. The van der Waals surface area contributed by atoms with Crippen LogP contribution in [0, 0.1) is 13.8 Å². The number of thiophene rings is 1. The van der Waals surface area contributed by atoms with Gasteiger partial charge in [-0.25, -0.2) is 9.97 Å². The summed E-state index contributed by atoms with van der Waals surface area (Å²) in [4.78, 5) is 11.1. The fourth-order valence-electron chi connectivity index (χ4n) is 2.21. The van der Waals surface area contributed by atoms with E-state index < -0.39 is 0 Å². The number of hydrogen-bond donors (Lipinski definition) is 1. The molecular formula is C15H15N3OS. The molecule has 3 rings (SSSR count). The number of nitrogen functional groups attached to an aromatic ring is 1. The van der Waals surface area contributed by atoms with Crippen LogP contribution in [0.3, 0.4) is 0 Å². The smallest absolute Gasteiger partial charge is 0.163 e. The average Bonchev–Trinajstić information content (AvgIpc) is 2.79. The Kier molecular flexibility index (Phi) is 3.06. The van der Waals surface area contributed by atoms with Gasteiger partial charge in [0.25, 0.3) is 0 Å². The third-order valence-corrected chi connectivity index (χ3v) is 4.14. The zero-order valence-corrected chi connectivity index (χ0v) is 12.4. The first-order valence-electron chi connectivity index (χ1n) is 6.27. The van der Waals surface area contributed by atoms with E-state index in [2.05, 4.69) is 9.97 Å². The Bertz CT molecular complexity index is 795. The first kappa shape index (κ1) is 12.9. The molecule has 0 aliphatic carbocycles. The molecule has 0 aliphatic rings. The number of aryl methyl sites for hydroxylation is 2. The summed E-state index contributed by atoms with van der Waals surface area (Å²) in [5.41, 5.74) is 8.03. The summed E-state index contributed by atoms with van der Waals surface area (Å²) in [5.74, 6) is 2.04. The maximum absolute atomic E-state index is 6.03. The van der Waals surface area contributed by atoms with Crippen molar-refractivity contribution in [3.63, 3.8) is 0 Å². The Labute approximate surface area is 121 Å². The lowest BCUT2D eigenvalue weighted by atomic mass is 10.1. The number of rotatable bonds is 2. The van der Waals surface area contributed by atoms with Crippen LogP contribution in [0.15, 0.2) is 24.3 Å². The van der Waals surface area contributed by atoms with E-state index in [1.807, 2.05) is 38.1 Å². The monoisotopic (exact) mass is 285 g/mol. The highest BCUT2D eigenvalue weighted by atomic mass is 32.1. The lowest BCUT2D eigenvalue weighted by Gasteiger charge is -2.07. The van der Waals surface area contributed by atoms with Crippen molar-refractivity contribution >= 4 is 27.4 Å². The summed E-state index contributed by atoms with van der Waals surface area (Å²) in [6, 6.07) is 7.92. The van der Waals surface area contributed by atoms with Crippen molar-refractivity contribution in [2.45, 2.75) is 13.8 Å². The van der Waals surface area contributed by atoms with E-state index >= 15 is 0 Å². The zero-order chi connectivity index (χ0) is 14.3. The number of aromatic nitrogens is 2. The van der Waals surface area contributed by atoms with Gasteiger partial charge >= 0.3 is 0 Å². The molecule has 3 aromatic rings. The molecule has 0 spiro atoms. The summed E-state index contributed by atoms with van der Waals surface area (Å²) in [6.07, 6.45) is 0. The minimum absolute atomic E-state index is 0.530. The van der Waals surface area contributed by atoms with Gasteiger partial charge in [0.1, 0.15) is 16.4 Å². The molecule has 2 N–H and O–H groups in total. The van der Waals surface area contributed by atoms with E-state index in [4.69, 9.17) is 10.5 Å². The molecule has 0 bridgehead atoms. The van der Waals surface area contributed by atoms with Crippen LogP contribution in [0.1, 0.15) is 10.4 Å². The molecule has 20 heavy (non-hydrogen) atoms. The summed E-state index contributed by atoms with van der Waals surface area (Å²) in [5, 5.41) is 0.932. The van der Waals surface area contributed by atoms with Crippen LogP contribution in [0.4, 0.5) is 5.82 Å². The molecule has 0 saturated heterocycles. The molecule has 2 aromatic heterocycles. The Morgan fingerprint density at radius 2 is 1.95 bits per heavy atom. The lowest BCUT2D eigenvalue weighted by molar-refractivity contribution is 0.412. The maximum atomic E-state index is 6.03. The molecule has 0 fully saturated rings. The Morgan fingerprint density at radius 1 is 1.15 bits per heavy atom. The molecule has 0 radical (unpaired) electrons. The predicted octanol–water partition coefficient (Wildman–Crippen LogP) is 3.57. The molecule has 1 aromatic carbocycles. The molecule has 4 nitrogen and oxygen atoms in total. The number of fused-ring (bicyclic) bond motifs is 1. The summed E-state index contributed by atoms with van der Waals surface area (Å²) in [6.45, 7) is 4.04. The van der Waals surface area contributed by atoms with Crippen LogP contribution in [0.5, 0.6) is 5.75 Å². The lowest BCUT2D eigenvalue weighted by Crippen LogP contribution is -1.96. The zero-order valence-electron chi connectivity index (χ0n) is 11.6. The number of methoxy groups -OCH3 is 1. The van der Waals surface area contributed by atoms with Crippen LogP contribution in [-0.2, 0) is 0 Å². The average molecular weight is 285 g/mol. The Morgan fingerprint density at radius 3 is 2.65 bits per heavy atom. The number of hydrogen-bond acceptors (Lipinski definition) is 5. The highest BCUT2D eigenvalue weighted by Crippen LogP contribution is 2.30. The minimum Gasteiger partial charge on any atom is -0.496 e. The van der Waals surface area contributed by atoms with Crippen molar-refractivity contribution < 1.29 is 4.74 Å². The van der Waals surface area contributed by atoms with Crippen molar-refractivity contribution in [1.82, 2.24) is 9.97 Å². The van der Waals surface area contributed by atoms with Crippen molar-refractivity contribution in [3.8, 4) is 17.1 Å². The van der Waals surface area contributed by atoms with Crippen LogP contribution in [0.25, 0.3) is 21.6 Å². The minimum atomic E-state index is 0.530. The summed E-state index contributed by atoms with van der Waals surface area (Å²) < 4.78 is 5.27. The largest absolute Gasteiger partial charge is 0.496 e. The quantitative estimate of drug-likeness (QED) is 0.782. The summed E-state index contributed by atoms with van der Waals surface area (Å²) >= 11 is 1.63. The van der Waals surface area contributed by atoms with Gasteiger partial charge < -0.3 is 10.5 Å². The van der Waals surface area contributed by atoms with E-state index in [1.54, 1.807) is 18.4 Å². The number of anilines is 1. The van der Waals surface area contributed by atoms with Gasteiger partial charge in [0.05, 0.1) is 12.5 Å². The third kappa shape index (κ3) is 2.10. The molecule has 0 amide bonds. The predicted molar refractivity (Wildman–Crippen MR) is 83.3 cm³/mol. The van der Waals surface area contributed by atoms with Crippen LogP contribution in [0.2, 0.25) is 0 Å². The number of benzene rings is 1. The van der Waals surface area contributed by atoms with Gasteiger partial charge in [-0.1, -0.05) is 0 Å². The molecule has 0 saturated carbocycles. The van der Waals surface area contributed by atoms with Crippen molar-refractivity contribution in [2.75, 3.05) is 12.8 Å². The molecule has 2 heterocycles. The highest BCUT2D eigenvalue weighted by molar-refractivity contribution is 7.18. The number of nitrogens with zero attached hydrogens (tertiary/aromatic N) is 2. The van der Waals surface area contributed by atoms with Crippen molar-refractivity contribution in [2.24, 2.45) is 0 Å². The summed E-state index contributed by atoms with van der Waals surface area (Å²) in [7, 11) is 1.66. The molecule has 102 valence electrons. The van der Waals surface area contributed by atoms with Crippen molar-refractivity contribution in [1.29, 1.82) is 0 Å². The standard InChI is InChI=1S/C15H15N3OS/c1-8-6-10(4-5-12(8)19-3)14-17-13(16)11-7-9(2)20-15(11)18-14/h4-7H,1-3H3,(H2,16,17,18). The second-order valence-electron chi connectivity index (χ2n) is 4.69. The van der Waals surface area contributed by atoms with E-state index in [9.17, 15) is 0 Å². The van der Waals surface area contributed by atoms with E-state index in [0.29, 0.717) is 11.6 Å². The molecular weight excluding hydrogens is 270 g/mol. The van der Waals surface area contributed by atoms with Gasteiger partial charge in [0, 0.05) is 10.4 Å². The molecule has 0 unspecified atom stereocenters. The van der Waals surface area contributed by atoms with E-state index in [0.717, 1.165) is 27.1 Å². The van der Waals surface area contributed by atoms with Gasteiger partial charge in [-0.15, -0.1) is 11.3 Å². The maximum Gasteiger partial charge on any atom is 0.163 e. The van der Waals surface area contributed by atoms with Gasteiger partial charge in [0.15, 0.2) is 5.82 Å². The van der Waals surface area contributed by atoms with Crippen LogP contribution < -0.4 is 10.5 Å². The Hall–Kier alpha value is -2.14. The third-order valence-electron chi connectivity index (χ3n) is 3.20. The molecule has 0 aliphatic heterocycles. The fourth-order valence-corrected chi connectivity index (χ4v) is 3.10. The van der Waals surface area contributed by atoms with Gasteiger partial charge in [-0.05, 0) is 43.7 Å². The van der Waals surface area contributed by atoms with Gasteiger partial charge in [-0.2, -0.15) is 0 Å². The second kappa shape index (κ2) is 4.76. The van der Waals surface area contributed by atoms with Gasteiger partial charge in [-0.3, -0.25) is 0 Å². The fraction of sp³-hybridized carbons (Fsp3) is 0.200.